The van der Waals surface area contributed by atoms with Gasteiger partial charge in [0.1, 0.15) is 6.04 Å². The van der Waals surface area contributed by atoms with Crippen molar-refractivity contribution in [3.63, 3.8) is 0 Å². The quantitative estimate of drug-likeness (QED) is 0.350. The van der Waals surface area contributed by atoms with Crippen LogP contribution >= 0.6 is 0 Å². The third kappa shape index (κ3) is 6.92. The number of H-pyrrole nitrogens is 1. The Morgan fingerprint density at radius 2 is 1.44 bits per heavy atom. The van der Waals surface area contributed by atoms with E-state index in [4.69, 9.17) is 0 Å². The van der Waals surface area contributed by atoms with Gasteiger partial charge in [-0.3, -0.25) is 14.4 Å². The first-order chi connectivity index (χ1) is 25.2. The Bertz CT molecular complexity index is 1740. The number of amides is 3. The molecule has 274 valence electrons. The van der Waals surface area contributed by atoms with Gasteiger partial charge in [0.2, 0.25) is 5.91 Å². The molecule has 3 fully saturated rings. The van der Waals surface area contributed by atoms with Crippen LogP contribution in [0.5, 0.6) is 0 Å². The molecule has 1 unspecified atom stereocenters. The molecule has 0 spiro atoms. The Balaban J connectivity index is 1.27. The smallest absolute Gasteiger partial charge is 0.253 e. The van der Waals surface area contributed by atoms with Crippen molar-refractivity contribution in [2.24, 2.45) is 0 Å². The molecule has 3 aromatic rings. The van der Waals surface area contributed by atoms with E-state index < -0.39 is 5.41 Å². The zero-order valence-electron chi connectivity index (χ0n) is 30.5. The topological polar surface area (TPSA) is 158 Å². The van der Waals surface area contributed by atoms with Crippen LogP contribution in [0.1, 0.15) is 75.0 Å². The number of tetrazole rings is 1. The maximum atomic E-state index is 13.8. The number of carbonyl (C=O) groups is 3. The van der Waals surface area contributed by atoms with Gasteiger partial charge < -0.3 is 29.8 Å². The van der Waals surface area contributed by atoms with Crippen molar-refractivity contribution >= 4 is 17.7 Å². The predicted molar refractivity (Wildman–Crippen MR) is 194 cm³/mol. The number of aromatic nitrogens is 4. The van der Waals surface area contributed by atoms with E-state index in [9.17, 15) is 19.6 Å². The molecule has 3 amide bonds. The van der Waals surface area contributed by atoms with Crippen molar-refractivity contribution in [2.45, 2.75) is 56.5 Å². The summed E-state index contributed by atoms with van der Waals surface area (Å²) in [4.78, 5) is 50.9. The predicted octanol–water partition coefficient (Wildman–Crippen LogP) is 1.29. The molecule has 4 heterocycles. The third-order valence-corrected chi connectivity index (χ3v) is 11.6. The summed E-state index contributed by atoms with van der Waals surface area (Å²) < 4.78 is 0. The van der Waals surface area contributed by atoms with Crippen molar-refractivity contribution in [1.82, 2.24) is 50.4 Å². The lowest BCUT2D eigenvalue weighted by atomic mass is 9.67. The van der Waals surface area contributed by atoms with Gasteiger partial charge in [0.05, 0.1) is 18.0 Å². The Morgan fingerprint density at radius 3 is 1.94 bits per heavy atom. The molecule has 0 bridgehead atoms. The van der Waals surface area contributed by atoms with Gasteiger partial charge in [-0.15, -0.1) is 5.10 Å². The summed E-state index contributed by atoms with van der Waals surface area (Å²) in [5.74, 6) is 0.510. The highest BCUT2D eigenvalue weighted by molar-refractivity contribution is 5.95. The average molecular weight is 708 g/mol. The van der Waals surface area contributed by atoms with Crippen molar-refractivity contribution in [2.75, 3.05) is 79.5 Å². The minimum Gasteiger partial charge on any atom is -0.336 e. The molecular weight excluding hydrogens is 658 g/mol. The van der Waals surface area contributed by atoms with Crippen molar-refractivity contribution in [3.8, 4) is 6.07 Å². The lowest BCUT2D eigenvalue weighted by molar-refractivity contribution is -0.130. The number of aromatic amines is 1. The number of rotatable bonds is 8. The van der Waals surface area contributed by atoms with E-state index in [1.54, 1.807) is 4.90 Å². The lowest BCUT2D eigenvalue weighted by Gasteiger charge is -2.37. The van der Waals surface area contributed by atoms with Crippen LogP contribution in [0, 0.1) is 11.3 Å². The molecule has 0 radical (unpaired) electrons. The van der Waals surface area contributed by atoms with Crippen LogP contribution in [0.25, 0.3) is 0 Å². The van der Waals surface area contributed by atoms with E-state index in [0.29, 0.717) is 75.4 Å². The molecule has 7 rings (SSSR count). The van der Waals surface area contributed by atoms with E-state index in [1.165, 1.54) is 0 Å². The highest BCUT2D eigenvalue weighted by atomic mass is 16.2. The van der Waals surface area contributed by atoms with Gasteiger partial charge in [-0.25, -0.2) is 5.10 Å². The van der Waals surface area contributed by atoms with E-state index >= 15 is 0 Å². The lowest BCUT2D eigenvalue weighted by Crippen LogP contribution is -2.47. The Kier molecular flexibility index (Phi) is 10.4. The zero-order valence-corrected chi connectivity index (χ0v) is 30.5. The molecule has 2 atom stereocenters. The van der Waals surface area contributed by atoms with Gasteiger partial charge in [0.25, 0.3) is 11.8 Å². The monoisotopic (exact) mass is 707 g/mol. The van der Waals surface area contributed by atoms with E-state index in [0.717, 1.165) is 54.9 Å². The highest BCUT2D eigenvalue weighted by Crippen LogP contribution is 2.47. The first-order valence-electron chi connectivity index (χ1n) is 18.6. The molecule has 52 heavy (non-hydrogen) atoms. The number of nitrogens with zero attached hydrogens (tertiary/aromatic N) is 9. The SMILES string of the molecule is C[C@@H](CC1(c2nnn[nH]2)c2ccc(C(=O)N3CCN(C)CC3)cc2CCc2cc(C(=O)N3CCN(C)CC3)ccc21)NCC(=O)N1CCCC1C#N. The Morgan fingerprint density at radius 1 is 0.885 bits per heavy atom. The summed E-state index contributed by atoms with van der Waals surface area (Å²) in [6.45, 7) is 8.83. The molecule has 2 N–H and O–H groups in total. The maximum Gasteiger partial charge on any atom is 0.253 e. The van der Waals surface area contributed by atoms with Crippen molar-refractivity contribution < 1.29 is 14.4 Å². The second-order valence-electron chi connectivity index (χ2n) is 15.0. The van der Waals surface area contributed by atoms with Crippen LogP contribution in [0.2, 0.25) is 0 Å². The Labute approximate surface area is 305 Å². The number of aryl methyl sites for hydroxylation is 2. The van der Waals surface area contributed by atoms with Crippen LogP contribution in [0.4, 0.5) is 0 Å². The van der Waals surface area contributed by atoms with E-state index in [-0.39, 0.29) is 36.3 Å². The number of benzene rings is 2. The molecule has 3 aliphatic heterocycles. The number of hydrogen-bond acceptors (Lipinski definition) is 10. The number of likely N-dealkylation sites (tertiary alicyclic amines) is 1. The minimum atomic E-state index is -0.895. The number of nitriles is 1. The van der Waals surface area contributed by atoms with Crippen molar-refractivity contribution in [3.05, 3.63) is 75.6 Å². The molecule has 1 aromatic heterocycles. The van der Waals surface area contributed by atoms with Gasteiger partial charge in [-0.1, -0.05) is 12.1 Å². The second-order valence-corrected chi connectivity index (χ2v) is 15.0. The minimum absolute atomic E-state index is 0.0239. The van der Waals surface area contributed by atoms with Crippen LogP contribution in [0.3, 0.4) is 0 Å². The van der Waals surface area contributed by atoms with Gasteiger partial charge in [-0.05, 0) is 110 Å². The number of hydrogen-bond donors (Lipinski definition) is 2. The largest absolute Gasteiger partial charge is 0.336 e. The number of carbonyl (C=O) groups excluding carboxylic acids is 3. The molecule has 14 nitrogen and oxygen atoms in total. The zero-order chi connectivity index (χ0) is 36.4. The van der Waals surface area contributed by atoms with Gasteiger partial charge in [0, 0.05) is 76.1 Å². The average Bonchev–Trinajstić information content (AvgIpc) is 3.87. The molecular formula is C38H49N11O3. The number of piperazine rings is 2. The summed E-state index contributed by atoms with van der Waals surface area (Å²) >= 11 is 0. The van der Waals surface area contributed by atoms with Crippen LogP contribution in [-0.2, 0) is 23.1 Å². The molecule has 1 aliphatic carbocycles. The number of nitrogens with one attached hydrogen (secondary N) is 2. The summed E-state index contributed by atoms with van der Waals surface area (Å²) in [6.07, 6.45) is 3.33. The van der Waals surface area contributed by atoms with E-state index in [1.807, 2.05) is 41.0 Å². The van der Waals surface area contributed by atoms with Crippen molar-refractivity contribution in [1.29, 1.82) is 5.26 Å². The van der Waals surface area contributed by atoms with Gasteiger partial charge in [0.15, 0.2) is 5.82 Å². The Hall–Kier alpha value is -4.71. The van der Waals surface area contributed by atoms with Gasteiger partial charge >= 0.3 is 0 Å². The molecule has 14 heteroatoms. The van der Waals surface area contributed by atoms with Crippen LogP contribution < -0.4 is 5.32 Å². The summed E-state index contributed by atoms with van der Waals surface area (Å²) in [6, 6.07) is 13.7. The maximum absolute atomic E-state index is 13.8. The first-order valence-corrected chi connectivity index (χ1v) is 18.6. The third-order valence-electron chi connectivity index (χ3n) is 11.6. The summed E-state index contributed by atoms with van der Waals surface area (Å²) in [7, 11) is 4.15. The fourth-order valence-corrected chi connectivity index (χ4v) is 8.50. The summed E-state index contributed by atoms with van der Waals surface area (Å²) in [5.41, 5.74) is 4.43. The van der Waals surface area contributed by atoms with Crippen LogP contribution in [-0.4, -0.2) is 154 Å². The first kappa shape index (κ1) is 35.7. The molecule has 2 aromatic carbocycles. The van der Waals surface area contributed by atoms with Gasteiger partial charge in [-0.2, -0.15) is 5.26 Å². The molecule has 0 saturated carbocycles. The fourth-order valence-electron chi connectivity index (χ4n) is 8.50. The summed E-state index contributed by atoms with van der Waals surface area (Å²) in [5, 5.41) is 28.7. The number of fused-ring (bicyclic) bond motifs is 2. The highest BCUT2D eigenvalue weighted by Gasteiger charge is 2.45. The van der Waals surface area contributed by atoms with E-state index in [2.05, 4.69) is 68.0 Å². The standard InChI is InChI=1S/C38H49N11O3/c1-26(40-25-34(50)49-12-4-5-31(49)24-39)23-38(37-41-43-44-42-37)32-10-8-29(35(51)47-17-13-45(2)14-18-47)21-27(32)6-7-28-22-30(9-11-33(28)38)36(52)48-19-15-46(3)16-20-48/h8-11,21-22,26,31,40H,4-7,12-20,23,25H2,1-3H3,(H,41,42,43,44)/t26-,31?/m0/s1. The number of likely N-dealkylation sites (N-methyl/N-ethyl adjacent to an activating group) is 2. The fraction of sp³-hybridized carbons (Fsp3) is 0.553. The molecule has 3 saturated heterocycles. The second kappa shape index (κ2) is 15.1. The molecule has 4 aliphatic rings. The van der Waals surface area contributed by atoms with Crippen LogP contribution in [0.15, 0.2) is 36.4 Å². The normalized spacial score (nSPS) is 21.2.